The molecular formula is C25H27N7OS. The van der Waals surface area contributed by atoms with Crippen molar-refractivity contribution in [3.8, 4) is 6.07 Å². The fourth-order valence-corrected chi connectivity index (χ4v) is 5.92. The standard InChI is InChI=1S/C25H27N7OS/c1-25(2)18-31(34(33)22-11-7-6-8-19(22)16-26)23-21(25)17-28-24(29-23)32(20-9-4-3-5-10-20)30-14-12-27-13-15-30/h3-11,17,27H,12-15,18H2,1-2H3. The van der Waals surface area contributed by atoms with Crippen LogP contribution in [0, 0.1) is 11.3 Å². The van der Waals surface area contributed by atoms with E-state index in [0.29, 0.717) is 28.8 Å². The Kier molecular flexibility index (Phi) is 6.04. The first-order chi connectivity index (χ1) is 16.5. The normalized spacial score (nSPS) is 18.2. The number of piperazine rings is 1. The minimum absolute atomic E-state index is 0.280. The van der Waals surface area contributed by atoms with E-state index < -0.39 is 11.0 Å². The fraction of sp³-hybridized carbons (Fsp3) is 0.320. The molecule has 1 fully saturated rings. The van der Waals surface area contributed by atoms with Crippen LogP contribution in [0.2, 0.25) is 0 Å². The lowest BCUT2D eigenvalue weighted by Gasteiger charge is -2.37. The maximum Gasteiger partial charge on any atom is 0.247 e. The Labute approximate surface area is 202 Å². The number of hydrazine groups is 1. The Morgan fingerprint density at radius 3 is 2.53 bits per heavy atom. The van der Waals surface area contributed by atoms with Crippen molar-refractivity contribution < 1.29 is 4.21 Å². The van der Waals surface area contributed by atoms with Crippen LogP contribution in [0.4, 0.5) is 17.5 Å². The van der Waals surface area contributed by atoms with Gasteiger partial charge < -0.3 is 5.32 Å². The Balaban J connectivity index is 1.59. The number of aromatic nitrogens is 2. The molecule has 0 aliphatic carbocycles. The summed E-state index contributed by atoms with van der Waals surface area (Å²) in [5.74, 6) is 1.19. The Morgan fingerprint density at radius 1 is 1.09 bits per heavy atom. The first kappa shape index (κ1) is 22.5. The summed E-state index contributed by atoms with van der Waals surface area (Å²) in [6.07, 6.45) is 1.86. The lowest BCUT2D eigenvalue weighted by Crippen LogP contribution is -2.51. The predicted octanol–water partition coefficient (Wildman–Crippen LogP) is 3.13. The van der Waals surface area contributed by atoms with Gasteiger partial charge in [-0.05, 0) is 24.3 Å². The minimum Gasteiger partial charge on any atom is -0.314 e. The van der Waals surface area contributed by atoms with E-state index in [1.54, 1.807) is 22.5 Å². The van der Waals surface area contributed by atoms with Gasteiger partial charge in [-0.15, -0.1) is 0 Å². The van der Waals surface area contributed by atoms with E-state index in [9.17, 15) is 9.47 Å². The van der Waals surface area contributed by atoms with E-state index in [-0.39, 0.29) is 5.41 Å². The molecular weight excluding hydrogens is 446 g/mol. The highest BCUT2D eigenvalue weighted by Crippen LogP contribution is 2.42. The molecule has 1 unspecified atom stereocenters. The topological polar surface area (TPSA) is 88.4 Å². The molecule has 8 nitrogen and oxygen atoms in total. The highest BCUT2D eigenvalue weighted by molar-refractivity contribution is 7.86. The number of benzene rings is 2. The molecule has 3 aromatic rings. The van der Waals surface area contributed by atoms with Crippen LogP contribution in [-0.2, 0) is 16.4 Å². The lowest BCUT2D eigenvalue weighted by molar-refractivity contribution is 0.240. The summed E-state index contributed by atoms with van der Waals surface area (Å²) in [6, 6.07) is 19.3. The number of hydrogen-bond acceptors (Lipinski definition) is 7. The second kappa shape index (κ2) is 9.14. The van der Waals surface area contributed by atoms with Crippen molar-refractivity contribution in [1.82, 2.24) is 20.3 Å². The summed E-state index contributed by atoms with van der Waals surface area (Å²) in [4.78, 5) is 10.3. The number of hydrogen-bond donors (Lipinski definition) is 1. The molecule has 2 aliphatic rings. The van der Waals surface area contributed by atoms with Gasteiger partial charge in [0.1, 0.15) is 11.9 Å². The molecule has 0 bridgehead atoms. The van der Waals surface area contributed by atoms with Gasteiger partial charge in [0, 0.05) is 49.9 Å². The van der Waals surface area contributed by atoms with Crippen LogP contribution in [0.15, 0.2) is 65.7 Å². The van der Waals surface area contributed by atoms with Crippen LogP contribution < -0.4 is 14.6 Å². The quantitative estimate of drug-likeness (QED) is 0.609. The molecule has 0 spiro atoms. The summed E-state index contributed by atoms with van der Waals surface area (Å²) in [6.45, 7) is 8.13. The van der Waals surface area contributed by atoms with Crippen molar-refractivity contribution in [3.05, 3.63) is 71.9 Å². The summed E-state index contributed by atoms with van der Waals surface area (Å²) < 4.78 is 15.5. The van der Waals surface area contributed by atoms with E-state index in [1.165, 1.54) is 0 Å². The molecule has 0 radical (unpaired) electrons. The first-order valence-electron chi connectivity index (χ1n) is 11.4. The van der Waals surface area contributed by atoms with Gasteiger partial charge in [-0.25, -0.2) is 19.2 Å². The second-order valence-corrected chi connectivity index (χ2v) is 10.4. The van der Waals surface area contributed by atoms with Crippen molar-refractivity contribution in [2.45, 2.75) is 24.2 Å². The summed E-state index contributed by atoms with van der Waals surface area (Å²) in [5, 5.41) is 17.2. The molecule has 5 rings (SSSR count). The Hall–Kier alpha value is -3.32. The lowest BCUT2D eigenvalue weighted by atomic mass is 9.89. The largest absolute Gasteiger partial charge is 0.314 e. The molecule has 1 saturated heterocycles. The zero-order valence-electron chi connectivity index (χ0n) is 19.3. The molecule has 34 heavy (non-hydrogen) atoms. The average Bonchev–Trinajstić information content (AvgIpc) is 3.15. The van der Waals surface area contributed by atoms with Gasteiger partial charge in [0.2, 0.25) is 5.95 Å². The van der Waals surface area contributed by atoms with Gasteiger partial charge in [0.25, 0.3) is 0 Å². The fourth-order valence-electron chi connectivity index (χ4n) is 4.45. The SMILES string of the molecule is CC1(C)CN(S(=O)c2ccccc2C#N)c2nc(N(c3ccccc3)N3CCNCC3)ncc21. The number of anilines is 3. The van der Waals surface area contributed by atoms with E-state index in [4.69, 9.17) is 9.97 Å². The van der Waals surface area contributed by atoms with Crippen LogP contribution in [0.25, 0.3) is 0 Å². The molecule has 3 heterocycles. The molecule has 1 aromatic heterocycles. The van der Waals surface area contributed by atoms with Crippen molar-refractivity contribution in [1.29, 1.82) is 5.26 Å². The zero-order valence-corrected chi connectivity index (χ0v) is 20.1. The number of nitriles is 1. The van der Waals surface area contributed by atoms with Gasteiger partial charge in [-0.2, -0.15) is 10.2 Å². The van der Waals surface area contributed by atoms with Gasteiger partial charge in [-0.3, -0.25) is 4.31 Å². The maximum atomic E-state index is 13.7. The maximum absolute atomic E-state index is 13.7. The van der Waals surface area contributed by atoms with Crippen molar-refractivity contribution >= 4 is 28.4 Å². The summed E-state index contributed by atoms with van der Waals surface area (Å²) in [7, 11) is -1.57. The van der Waals surface area contributed by atoms with Gasteiger partial charge in [0.15, 0.2) is 11.0 Å². The van der Waals surface area contributed by atoms with Gasteiger partial charge in [-0.1, -0.05) is 44.2 Å². The molecule has 174 valence electrons. The first-order valence-corrected chi connectivity index (χ1v) is 12.5. The molecule has 0 amide bonds. The Bertz CT molecular complexity index is 1250. The second-order valence-electron chi connectivity index (χ2n) is 9.04. The smallest absolute Gasteiger partial charge is 0.247 e. The average molecular weight is 474 g/mol. The molecule has 1 N–H and O–H groups in total. The molecule has 2 aliphatic heterocycles. The van der Waals surface area contributed by atoms with E-state index in [2.05, 4.69) is 35.3 Å². The molecule has 0 saturated carbocycles. The molecule has 9 heteroatoms. The van der Waals surface area contributed by atoms with Gasteiger partial charge in [0.05, 0.1) is 16.1 Å². The highest BCUT2D eigenvalue weighted by Gasteiger charge is 2.41. The number of para-hydroxylation sites is 1. The van der Waals surface area contributed by atoms with Crippen LogP contribution in [0.1, 0.15) is 25.0 Å². The van der Waals surface area contributed by atoms with E-state index in [1.807, 2.05) is 42.6 Å². The summed E-state index contributed by atoms with van der Waals surface area (Å²) in [5.41, 5.74) is 2.06. The molecule has 2 aromatic carbocycles. The minimum atomic E-state index is -1.57. The monoisotopic (exact) mass is 473 g/mol. The van der Waals surface area contributed by atoms with Crippen molar-refractivity contribution in [2.75, 3.05) is 42.0 Å². The van der Waals surface area contributed by atoms with Crippen LogP contribution >= 0.6 is 0 Å². The van der Waals surface area contributed by atoms with E-state index >= 15 is 0 Å². The summed E-state index contributed by atoms with van der Waals surface area (Å²) >= 11 is 0. The third kappa shape index (κ3) is 4.05. The van der Waals surface area contributed by atoms with Crippen LogP contribution in [0.3, 0.4) is 0 Å². The highest BCUT2D eigenvalue weighted by atomic mass is 32.2. The number of nitrogens with zero attached hydrogens (tertiary/aromatic N) is 6. The third-order valence-electron chi connectivity index (χ3n) is 6.22. The number of fused-ring (bicyclic) bond motifs is 1. The number of rotatable bonds is 5. The van der Waals surface area contributed by atoms with Crippen LogP contribution in [0.5, 0.6) is 0 Å². The zero-order chi connectivity index (χ0) is 23.7. The third-order valence-corrected chi connectivity index (χ3v) is 7.66. The van der Waals surface area contributed by atoms with Gasteiger partial charge >= 0.3 is 0 Å². The van der Waals surface area contributed by atoms with Crippen molar-refractivity contribution in [2.24, 2.45) is 0 Å². The number of nitrogens with one attached hydrogen (secondary N) is 1. The van der Waals surface area contributed by atoms with E-state index in [0.717, 1.165) is 37.4 Å². The van der Waals surface area contributed by atoms with Crippen LogP contribution in [-0.4, -0.2) is 51.9 Å². The Morgan fingerprint density at radius 2 is 1.79 bits per heavy atom. The predicted molar refractivity (Wildman–Crippen MR) is 133 cm³/mol. The molecule has 1 atom stereocenters. The van der Waals surface area contributed by atoms with Crippen molar-refractivity contribution in [3.63, 3.8) is 0 Å².